The van der Waals surface area contributed by atoms with Crippen LogP contribution in [-0.4, -0.2) is 43.8 Å². The standard InChI is InChI=1S/C24H30N2O5S2/c1-4-31-24(28)21-18-12-9-16(3)14-20(18)32-23(21)25-22(27)19-6-5-13-26(19)33(29,30)17-10-7-15(2)8-11-17/h7-8,10-11,16,19H,4-6,9,12-14H2,1-3H3,(H,25,27). The van der Waals surface area contributed by atoms with Gasteiger partial charge >= 0.3 is 5.97 Å². The average molecular weight is 491 g/mol. The molecule has 9 heteroatoms. The van der Waals surface area contributed by atoms with Crippen LogP contribution in [0.3, 0.4) is 0 Å². The molecule has 1 amide bonds. The van der Waals surface area contributed by atoms with Crippen molar-refractivity contribution >= 4 is 38.2 Å². The third-order valence-corrected chi connectivity index (χ3v) is 9.45. The van der Waals surface area contributed by atoms with Gasteiger partial charge in [-0.25, -0.2) is 13.2 Å². The van der Waals surface area contributed by atoms with Crippen molar-refractivity contribution in [1.82, 2.24) is 4.31 Å². The predicted octanol–water partition coefficient (Wildman–Crippen LogP) is 4.15. The summed E-state index contributed by atoms with van der Waals surface area (Å²) in [6, 6.07) is 5.84. The molecule has 2 heterocycles. The largest absolute Gasteiger partial charge is 0.462 e. The second kappa shape index (κ2) is 9.56. The van der Waals surface area contributed by atoms with Crippen molar-refractivity contribution < 1.29 is 22.7 Å². The number of carbonyl (C=O) groups excluding carboxylic acids is 2. The molecule has 0 bridgehead atoms. The lowest BCUT2D eigenvalue weighted by atomic mass is 9.88. The Morgan fingerprint density at radius 1 is 1.21 bits per heavy atom. The van der Waals surface area contributed by atoms with E-state index in [9.17, 15) is 18.0 Å². The van der Waals surface area contributed by atoms with Crippen LogP contribution in [0.1, 0.15) is 59.5 Å². The average Bonchev–Trinajstić information content (AvgIpc) is 3.39. The van der Waals surface area contributed by atoms with Gasteiger partial charge in [0.1, 0.15) is 11.0 Å². The van der Waals surface area contributed by atoms with Crippen LogP contribution in [0.5, 0.6) is 0 Å². The zero-order valence-corrected chi connectivity index (χ0v) is 20.9. The van der Waals surface area contributed by atoms with Crippen LogP contribution in [-0.2, 0) is 32.4 Å². The molecule has 2 aromatic rings. The molecule has 1 aliphatic heterocycles. The van der Waals surface area contributed by atoms with Gasteiger partial charge in [0.15, 0.2) is 0 Å². The number of ether oxygens (including phenoxy) is 1. The molecule has 33 heavy (non-hydrogen) atoms. The number of nitrogens with zero attached hydrogens (tertiary/aromatic N) is 1. The number of carbonyl (C=O) groups is 2. The Morgan fingerprint density at radius 2 is 1.94 bits per heavy atom. The lowest BCUT2D eigenvalue weighted by Crippen LogP contribution is -2.43. The molecule has 2 unspecified atom stereocenters. The van der Waals surface area contributed by atoms with Gasteiger partial charge < -0.3 is 10.1 Å². The van der Waals surface area contributed by atoms with E-state index in [4.69, 9.17) is 4.74 Å². The van der Waals surface area contributed by atoms with E-state index in [1.165, 1.54) is 15.6 Å². The van der Waals surface area contributed by atoms with Gasteiger partial charge in [-0.15, -0.1) is 11.3 Å². The summed E-state index contributed by atoms with van der Waals surface area (Å²) < 4.78 is 33.1. The molecule has 0 saturated carbocycles. The number of hydrogen-bond donors (Lipinski definition) is 1. The molecule has 1 aromatic heterocycles. The first-order valence-corrected chi connectivity index (χ1v) is 13.7. The highest BCUT2D eigenvalue weighted by molar-refractivity contribution is 7.89. The predicted molar refractivity (Wildman–Crippen MR) is 128 cm³/mol. The van der Waals surface area contributed by atoms with Crippen LogP contribution < -0.4 is 5.32 Å². The van der Waals surface area contributed by atoms with Gasteiger partial charge in [0.05, 0.1) is 17.1 Å². The lowest BCUT2D eigenvalue weighted by molar-refractivity contribution is -0.119. The molecule has 0 spiro atoms. The molecule has 0 radical (unpaired) electrons. The fourth-order valence-electron chi connectivity index (χ4n) is 4.59. The van der Waals surface area contributed by atoms with Crippen molar-refractivity contribution in [2.75, 3.05) is 18.5 Å². The number of thiophene rings is 1. The zero-order chi connectivity index (χ0) is 23.8. The summed E-state index contributed by atoms with van der Waals surface area (Å²) >= 11 is 1.41. The van der Waals surface area contributed by atoms with Crippen molar-refractivity contribution in [2.24, 2.45) is 5.92 Å². The summed E-state index contributed by atoms with van der Waals surface area (Å²) in [7, 11) is -3.80. The van der Waals surface area contributed by atoms with Gasteiger partial charge in [0.2, 0.25) is 15.9 Å². The van der Waals surface area contributed by atoms with E-state index in [2.05, 4.69) is 12.2 Å². The molecule has 4 rings (SSSR count). The minimum atomic E-state index is -3.80. The van der Waals surface area contributed by atoms with E-state index in [-0.39, 0.29) is 18.0 Å². The molecular formula is C24H30N2O5S2. The van der Waals surface area contributed by atoms with Gasteiger partial charge in [-0.1, -0.05) is 24.6 Å². The quantitative estimate of drug-likeness (QED) is 0.614. The summed E-state index contributed by atoms with van der Waals surface area (Å²) in [6.45, 7) is 6.36. The monoisotopic (exact) mass is 490 g/mol. The summed E-state index contributed by atoms with van der Waals surface area (Å²) in [6.07, 6.45) is 3.66. The van der Waals surface area contributed by atoms with Crippen molar-refractivity contribution in [1.29, 1.82) is 0 Å². The molecule has 1 N–H and O–H groups in total. The number of hydrogen-bond acceptors (Lipinski definition) is 6. The van der Waals surface area contributed by atoms with Gasteiger partial charge in [-0.05, 0) is 69.6 Å². The molecule has 1 saturated heterocycles. The smallest absolute Gasteiger partial charge is 0.341 e. The van der Waals surface area contributed by atoms with E-state index in [0.29, 0.717) is 29.3 Å². The topological polar surface area (TPSA) is 92.8 Å². The van der Waals surface area contributed by atoms with Gasteiger partial charge in [-0.3, -0.25) is 4.79 Å². The molecule has 1 fully saturated rings. The number of sulfonamides is 1. The van der Waals surface area contributed by atoms with Gasteiger partial charge in [-0.2, -0.15) is 4.31 Å². The maximum atomic E-state index is 13.3. The molecule has 2 aliphatic rings. The number of fused-ring (bicyclic) bond motifs is 1. The Balaban J connectivity index is 1.61. The molecule has 2 atom stereocenters. The number of anilines is 1. The summed E-state index contributed by atoms with van der Waals surface area (Å²) in [5.41, 5.74) is 2.36. The van der Waals surface area contributed by atoms with Crippen LogP contribution in [0, 0.1) is 12.8 Å². The third kappa shape index (κ3) is 4.72. The Kier molecular flexibility index (Phi) is 6.93. The molecule has 1 aromatic carbocycles. The van der Waals surface area contributed by atoms with E-state index >= 15 is 0 Å². The molecule has 178 valence electrons. The normalized spacial score (nSPS) is 20.9. The Hall–Kier alpha value is -2.23. The van der Waals surface area contributed by atoms with Crippen LogP contribution in [0.4, 0.5) is 5.00 Å². The maximum absolute atomic E-state index is 13.3. The number of nitrogens with one attached hydrogen (secondary N) is 1. The number of aryl methyl sites for hydroxylation is 1. The van der Waals surface area contributed by atoms with Crippen LogP contribution >= 0.6 is 11.3 Å². The summed E-state index contributed by atoms with van der Waals surface area (Å²) in [4.78, 5) is 27.3. The first-order valence-electron chi connectivity index (χ1n) is 11.4. The Morgan fingerprint density at radius 3 is 2.64 bits per heavy atom. The Bertz CT molecular complexity index is 1150. The fourth-order valence-corrected chi connectivity index (χ4v) is 7.65. The minimum absolute atomic E-state index is 0.181. The molecular weight excluding hydrogens is 460 g/mol. The van der Waals surface area contributed by atoms with Gasteiger partial charge in [0, 0.05) is 11.4 Å². The number of rotatable bonds is 6. The molecule has 7 nitrogen and oxygen atoms in total. The van der Waals surface area contributed by atoms with Crippen molar-refractivity contribution in [3.8, 4) is 0 Å². The van der Waals surface area contributed by atoms with E-state index in [1.54, 1.807) is 31.2 Å². The van der Waals surface area contributed by atoms with Crippen LogP contribution in [0.15, 0.2) is 29.2 Å². The summed E-state index contributed by atoms with van der Waals surface area (Å²) in [5, 5.41) is 3.37. The lowest BCUT2D eigenvalue weighted by Gasteiger charge is -2.23. The maximum Gasteiger partial charge on any atom is 0.341 e. The first kappa shape index (κ1) is 23.9. The van der Waals surface area contributed by atoms with E-state index < -0.39 is 27.9 Å². The SMILES string of the molecule is CCOC(=O)c1c(NC(=O)C2CCCN2S(=O)(=O)c2ccc(C)cc2)sc2c1CCC(C)C2. The van der Waals surface area contributed by atoms with Crippen LogP contribution in [0.25, 0.3) is 0 Å². The van der Waals surface area contributed by atoms with Gasteiger partial charge in [0.25, 0.3) is 0 Å². The Labute approximate surface area is 199 Å². The second-order valence-corrected chi connectivity index (χ2v) is 11.8. The first-order chi connectivity index (χ1) is 15.7. The van der Waals surface area contributed by atoms with E-state index in [1.807, 2.05) is 6.92 Å². The van der Waals surface area contributed by atoms with Crippen molar-refractivity contribution in [3.05, 3.63) is 45.8 Å². The highest BCUT2D eigenvalue weighted by atomic mass is 32.2. The van der Waals surface area contributed by atoms with Crippen LogP contribution in [0.2, 0.25) is 0 Å². The number of benzene rings is 1. The fraction of sp³-hybridized carbons (Fsp3) is 0.500. The number of amides is 1. The second-order valence-electron chi connectivity index (χ2n) is 8.85. The molecule has 1 aliphatic carbocycles. The number of esters is 1. The summed E-state index contributed by atoms with van der Waals surface area (Å²) in [5.74, 6) is -0.324. The highest BCUT2D eigenvalue weighted by Crippen LogP contribution is 2.40. The highest BCUT2D eigenvalue weighted by Gasteiger charge is 2.40. The zero-order valence-electron chi connectivity index (χ0n) is 19.2. The van der Waals surface area contributed by atoms with Crippen molar-refractivity contribution in [3.63, 3.8) is 0 Å². The minimum Gasteiger partial charge on any atom is -0.462 e. The van der Waals surface area contributed by atoms with E-state index in [0.717, 1.165) is 35.3 Å². The third-order valence-electron chi connectivity index (χ3n) is 6.36. The van der Waals surface area contributed by atoms with Crippen molar-refractivity contribution in [2.45, 2.75) is 63.8 Å².